The minimum absolute atomic E-state index is 1.07. The largest absolute Gasteiger partial charge is 0.310 e. The van der Waals surface area contributed by atoms with Gasteiger partial charge in [0.15, 0.2) is 0 Å². The van der Waals surface area contributed by atoms with E-state index >= 15 is 0 Å². The van der Waals surface area contributed by atoms with E-state index in [2.05, 4.69) is 264 Å². The molecule has 1 heterocycles. The smallest absolute Gasteiger partial charge is 0.0561 e. The highest BCUT2D eigenvalue weighted by Crippen LogP contribution is 2.47. The summed E-state index contributed by atoms with van der Waals surface area (Å²) in [6.07, 6.45) is 0. The van der Waals surface area contributed by atoms with Crippen LogP contribution in [-0.2, 0) is 0 Å². The van der Waals surface area contributed by atoms with Gasteiger partial charge in [-0.1, -0.05) is 200 Å². The van der Waals surface area contributed by atoms with Gasteiger partial charge in [-0.15, -0.1) is 0 Å². The van der Waals surface area contributed by atoms with E-state index in [-0.39, 0.29) is 0 Å². The summed E-state index contributed by atoms with van der Waals surface area (Å²) in [6.45, 7) is 0. The highest BCUT2D eigenvalue weighted by molar-refractivity contribution is 6.10. The highest BCUT2D eigenvalue weighted by atomic mass is 15.1. The second kappa shape index (κ2) is 16.1. The van der Waals surface area contributed by atoms with Gasteiger partial charge in [-0.3, -0.25) is 0 Å². The minimum Gasteiger partial charge on any atom is -0.310 e. The molecule has 2 nitrogen and oxygen atoms in total. The molecule has 2 heteroatoms. The van der Waals surface area contributed by atoms with Gasteiger partial charge in [0.05, 0.1) is 16.7 Å². The molecule has 11 aromatic rings. The molecule has 0 aliphatic carbocycles. The van der Waals surface area contributed by atoms with Gasteiger partial charge in [-0.05, 0) is 105 Å². The topological polar surface area (TPSA) is 8.17 Å². The lowest BCUT2D eigenvalue weighted by molar-refractivity contribution is 1.18. The molecule has 0 unspecified atom stereocenters. The van der Waals surface area contributed by atoms with Crippen molar-refractivity contribution < 1.29 is 0 Å². The Kier molecular flexibility index (Phi) is 9.57. The van der Waals surface area contributed by atoms with Gasteiger partial charge in [-0.2, -0.15) is 0 Å². The first-order valence-electron chi connectivity index (χ1n) is 21.3. The van der Waals surface area contributed by atoms with Crippen LogP contribution < -0.4 is 4.90 Å². The SMILES string of the molecule is c1ccc(-c2ccccc2-c2ccc(N(c3ccc(-c4ccccc4)c(-c4ccccc4)c3)c3ccc4c5ccccc5n(-c5ccccc5)c4c3)c(-c3ccccc3)c2)cc1. The third kappa shape index (κ3) is 6.74. The van der Waals surface area contributed by atoms with Crippen molar-refractivity contribution in [2.24, 2.45) is 0 Å². The summed E-state index contributed by atoms with van der Waals surface area (Å²) >= 11 is 0. The molecule has 62 heavy (non-hydrogen) atoms. The van der Waals surface area contributed by atoms with Crippen molar-refractivity contribution in [2.75, 3.05) is 4.90 Å². The van der Waals surface area contributed by atoms with Gasteiger partial charge in [0.1, 0.15) is 0 Å². The van der Waals surface area contributed by atoms with Crippen molar-refractivity contribution in [3.63, 3.8) is 0 Å². The van der Waals surface area contributed by atoms with E-state index in [4.69, 9.17) is 0 Å². The summed E-state index contributed by atoms with van der Waals surface area (Å²) in [5.74, 6) is 0. The molecule has 1 aromatic heterocycles. The number of nitrogens with zero attached hydrogens (tertiary/aromatic N) is 2. The van der Waals surface area contributed by atoms with Crippen molar-refractivity contribution in [3.05, 3.63) is 255 Å². The molecule has 0 radical (unpaired) electrons. The maximum atomic E-state index is 2.46. The monoisotopic (exact) mass is 790 g/mol. The first kappa shape index (κ1) is 36.8. The lowest BCUT2D eigenvalue weighted by atomic mass is 9.91. The molecule has 0 bridgehead atoms. The van der Waals surface area contributed by atoms with Crippen LogP contribution in [0, 0.1) is 0 Å². The Labute approximate surface area is 362 Å². The van der Waals surface area contributed by atoms with Gasteiger partial charge in [0, 0.05) is 33.4 Å². The number of hydrogen-bond acceptors (Lipinski definition) is 1. The fourth-order valence-corrected chi connectivity index (χ4v) is 9.13. The van der Waals surface area contributed by atoms with E-state index in [1.165, 1.54) is 55.2 Å². The number of para-hydroxylation sites is 2. The van der Waals surface area contributed by atoms with Crippen molar-refractivity contribution >= 4 is 38.9 Å². The normalized spacial score (nSPS) is 11.2. The molecule has 10 aromatic carbocycles. The third-order valence-corrected chi connectivity index (χ3v) is 12.0. The second-order valence-electron chi connectivity index (χ2n) is 15.7. The summed E-state index contributed by atoms with van der Waals surface area (Å²) in [4.78, 5) is 2.46. The van der Waals surface area contributed by atoms with Crippen LogP contribution in [0.2, 0.25) is 0 Å². The number of anilines is 3. The summed E-state index contributed by atoms with van der Waals surface area (Å²) in [5, 5.41) is 2.45. The fraction of sp³-hybridized carbons (Fsp3) is 0. The van der Waals surface area contributed by atoms with Gasteiger partial charge < -0.3 is 9.47 Å². The Hall–Kier alpha value is -8.20. The van der Waals surface area contributed by atoms with E-state index in [9.17, 15) is 0 Å². The molecule has 0 saturated carbocycles. The Morgan fingerprint density at radius 1 is 0.258 bits per heavy atom. The maximum absolute atomic E-state index is 2.46. The average molecular weight is 791 g/mol. The molecular weight excluding hydrogens is 749 g/mol. The molecule has 0 atom stereocenters. The van der Waals surface area contributed by atoms with E-state index in [1.54, 1.807) is 0 Å². The minimum atomic E-state index is 1.07. The Bertz CT molecular complexity index is 3320. The summed E-state index contributed by atoms with van der Waals surface area (Å²) < 4.78 is 2.40. The molecule has 11 rings (SSSR count). The van der Waals surface area contributed by atoms with E-state index in [0.717, 1.165) is 45.0 Å². The quantitative estimate of drug-likeness (QED) is 0.141. The molecule has 0 amide bonds. The number of aromatic nitrogens is 1. The van der Waals surface area contributed by atoms with Gasteiger partial charge in [0.25, 0.3) is 0 Å². The number of hydrogen-bond donors (Lipinski definition) is 0. The van der Waals surface area contributed by atoms with Gasteiger partial charge in [0.2, 0.25) is 0 Å². The van der Waals surface area contributed by atoms with Crippen LogP contribution in [0.15, 0.2) is 255 Å². The zero-order chi connectivity index (χ0) is 41.2. The van der Waals surface area contributed by atoms with Gasteiger partial charge in [-0.25, -0.2) is 0 Å². The van der Waals surface area contributed by atoms with E-state index < -0.39 is 0 Å². The predicted octanol–water partition coefficient (Wildman–Crippen LogP) is 16.6. The molecule has 0 aliphatic rings. The maximum Gasteiger partial charge on any atom is 0.0561 e. The van der Waals surface area contributed by atoms with E-state index in [0.29, 0.717) is 0 Å². The van der Waals surface area contributed by atoms with Crippen molar-refractivity contribution in [1.82, 2.24) is 4.57 Å². The second-order valence-corrected chi connectivity index (χ2v) is 15.7. The van der Waals surface area contributed by atoms with Crippen LogP contribution in [0.1, 0.15) is 0 Å². The fourth-order valence-electron chi connectivity index (χ4n) is 9.13. The molecule has 0 fully saturated rings. The van der Waals surface area contributed by atoms with Crippen molar-refractivity contribution in [1.29, 1.82) is 0 Å². The molecule has 0 N–H and O–H groups in total. The van der Waals surface area contributed by atoms with Crippen LogP contribution >= 0.6 is 0 Å². The average Bonchev–Trinajstić information content (AvgIpc) is 3.69. The first-order chi connectivity index (χ1) is 30.8. The summed E-state index contributed by atoms with van der Waals surface area (Å²) in [7, 11) is 0. The van der Waals surface area contributed by atoms with Crippen LogP contribution in [0.5, 0.6) is 0 Å². The summed E-state index contributed by atoms with van der Waals surface area (Å²) in [6, 6.07) is 92.2. The highest BCUT2D eigenvalue weighted by Gasteiger charge is 2.23. The number of rotatable bonds is 9. The van der Waals surface area contributed by atoms with Crippen molar-refractivity contribution in [3.8, 4) is 61.3 Å². The predicted molar refractivity (Wildman–Crippen MR) is 263 cm³/mol. The Balaban J connectivity index is 1.19. The number of benzene rings is 10. The van der Waals surface area contributed by atoms with E-state index in [1.807, 2.05) is 0 Å². The zero-order valence-corrected chi connectivity index (χ0v) is 34.1. The van der Waals surface area contributed by atoms with Crippen molar-refractivity contribution in [2.45, 2.75) is 0 Å². The molecule has 0 aliphatic heterocycles. The first-order valence-corrected chi connectivity index (χ1v) is 21.3. The standard InChI is InChI=1S/C60H42N2/c1-6-20-43(21-7-1)51-30-16-17-31-52(51)47-34-39-59(57(40-47)46-26-12-4-13-27-46)61(49-35-37-53(44-22-8-2-9-23-44)56(41-49)45-24-10-3-11-25-45)50-36-38-55-54-32-18-19-33-58(54)62(60(55)42-50)48-28-14-5-15-29-48/h1-42H. The van der Waals surface area contributed by atoms with Crippen LogP contribution in [0.4, 0.5) is 17.1 Å². The Morgan fingerprint density at radius 3 is 1.34 bits per heavy atom. The molecule has 292 valence electrons. The molecular formula is C60H42N2. The van der Waals surface area contributed by atoms with Gasteiger partial charge >= 0.3 is 0 Å². The molecule has 0 saturated heterocycles. The lowest BCUT2D eigenvalue weighted by Gasteiger charge is -2.30. The van der Waals surface area contributed by atoms with Crippen LogP contribution in [-0.4, -0.2) is 4.57 Å². The zero-order valence-electron chi connectivity index (χ0n) is 34.1. The van der Waals surface area contributed by atoms with Crippen LogP contribution in [0.25, 0.3) is 83.1 Å². The Morgan fingerprint density at radius 2 is 0.710 bits per heavy atom. The summed E-state index contributed by atoms with van der Waals surface area (Å²) in [5.41, 5.74) is 18.5. The third-order valence-electron chi connectivity index (χ3n) is 12.0. The van der Waals surface area contributed by atoms with Crippen LogP contribution in [0.3, 0.4) is 0 Å². The lowest BCUT2D eigenvalue weighted by Crippen LogP contribution is -2.12. The molecule has 0 spiro atoms. The number of fused-ring (bicyclic) bond motifs is 3.